The summed E-state index contributed by atoms with van der Waals surface area (Å²) in [5.41, 5.74) is 2.11. The lowest BCUT2D eigenvalue weighted by atomic mass is 10.2. The van der Waals surface area contributed by atoms with Gasteiger partial charge in [-0.25, -0.2) is 4.98 Å². The van der Waals surface area contributed by atoms with E-state index in [0.29, 0.717) is 0 Å². The molecule has 3 heteroatoms. The Morgan fingerprint density at radius 1 is 1.55 bits per heavy atom. The summed E-state index contributed by atoms with van der Waals surface area (Å²) in [5.74, 6) is 0. The van der Waals surface area contributed by atoms with Crippen molar-refractivity contribution in [1.29, 1.82) is 0 Å². The maximum atomic E-state index is 4.22. The normalized spacial score (nSPS) is 10.7. The summed E-state index contributed by atoms with van der Waals surface area (Å²) in [7, 11) is 0. The third-order valence-corrected chi connectivity index (χ3v) is 2.27. The van der Waals surface area contributed by atoms with E-state index in [9.17, 15) is 0 Å². The van der Waals surface area contributed by atoms with Gasteiger partial charge >= 0.3 is 0 Å². The average Bonchev–Trinajstić information content (AvgIpc) is 2.33. The van der Waals surface area contributed by atoms with E-state index in [1.165, 1.54) is 5.56 Å². The van der Waals surface area contributed by atoms with Crippen molar-refractivity contribution in [3.05, 3.63) is 28.5 Å². The molecule has 0 saturated carbocycles. The van der Waals surface area contributed by atoms with Gasteiger partial charge in [0.05, 0.1) is 0 Å². The number of pyridine rings is 1. The fraction of sp³-hybridized carbons (Fsp3) is 0.125. The third kappa shape index (κ3) is 1.05. The predicted octanol–water partition coefficient (Wildman–Crippen LogP) is 2.63. The number of aromatic nitrogens is 2. The molecule has 0 unspecified atom stereocenters. The Bertz CT molecular complexity index is 392. The van der Waals surface area contributed by atoms with Crippen molar-refractivity contribution in [3.63, 3.8) is 0 Å². The lowest BCUT2D eigenvalue weighted by Crippen LogP contribution is -1.77. The van der Waals surface area contributed by atoms with Crippen LogP contribution < -0.4 is 0 Å². The standard InChI is InChI=1S/C8H7BrN2/c1-5-2-6-7(9)4-11-8(6)10-3-5/h2-4H,1H3,(H,10,11). The molecule has 56 valence electrons. The molecule has 2 rings (SSSR count). The molecular weight excluding hydrogens is 204 g/mol. The van der Waals surface area contributed by atoms with Crippen LogP contribution in [0.15, 0.2) is 22.9 Å². The molecule has 11 heavy (non-hydrogen) atoms. The zero-order valence-electron chi connectivity index (χ0n) is 6.06. The van der Waals surface area contributed by atoms with Gasteiger partial charge in [0, 0.05) is 22.3 Å². The van der Waals surface area contributed by atoms with E-state index in [1.807, 2.05) is 19.3 Å². The number of hydrogen-bond acceptors (Lipinski definition) is 1. The molecule has 0 amide bonds. The smallest absolute Gasteiger partial charge is 0.138 e. The van der Waals surface area contributed by atoms with Crippen molar-refractivity contribution in [2.24, 2.45) is 0 Å². The summed E-state index contributed by atoms with van der Waals surface area (Å²) in [6, 6.07) is 2.10. The molecule has 0 aromatic carbocycles. The van der Waals surface area contributed by atoms with Gasteiger partial charge in [-0.1, -0.05) is 0 Å². The summed E-state index contributed by atoms with van der Waals surface area (Å²) >= 11 is 3.43. The van der Waals surface area contributed by atoms with Crippen LogP contribution in [0.25, 0.3) is 11.0 Å². The SMILES string of the molecule is Cc1cnc2[nH]cc(Br)c2c1. The minimum Gasteiger partial charge on any atom is -0.345 e. The molecule has 1 N–H and O–H groups in total. The molecular formula is C8H7BrN2. The summed E-state index contributed by atoms with van der Waals surface area (Å²) < 4.78 is 1.07. The van der Waals surface area contributed by atoms with Gasteiger partial charge < -0.3 is 4.98 Å². The van der Waals surface area contributed by atoms with Crippen LogP contribution in [0.1, 0.15) is 5.56 Å². The molecule has 0 saturated heterocycles. The molecule has 2 heterocycles. The summed E-state index contributed by atoms with van der Waals surface area (Å²) in [6.07, 6.45) is 3.75. The Morgan fingerprint density at radius 3 is 3.18 bits per heavy atom. The largest absolute Gasteiger partial charge is 0.345 e. The number of aryl methyl sites for hydroxylation is 1. The number of nitrogens with zero attached hydrogens (tertiary/aromatic N) is 1. The van der Waals surface area contributed by atoms with Gasteiger partial charge in [-0.3, -0.25) is 0 Å². The molecule has 0 bridgehead atoms. The van der Waals surface area contributed by atoms with Crippen molar-refractivity contribution in [1.82, 2.24) is 9.97 Å². The van der Waals surface area contributed by atoms with Crippen molar-refractivity contribution < 1.29 is 0 Å². The highest BCUT2D eigenvalue weighted by atomic mass is 79.9. The maximum Gasteiger partial charge on any atom is 0.138 e. The maximum absolute atomic E-state index is 4.22. The molecule has 0 radical (unpaired) electrons. The molecule has 0 atom stereocenters. The first kappa shape index (κ1) is 6.85. The zero-order chi connectivity index (χ0) is 7.84. The van der Waals surface area contributed by atoms with Crippen LogP contribution in [-0.4, -0.2) is 9.97 Å². The third-order valence-electron chi connectivity index (χ3n) is 1.62. The number of aromatic amines is 1. The minimum atomic E-state index is 0.933. The highest BCUT2D eigenvalue weighted by Gasteiger charge is 2.00. The molecule has 0 aliphatic rings. The van der Waals surface area contributed by atoms with E-state index in [-0.39, 0.29) is 0 Å². The number of fused-ring (bicyclic) bond motifs is 1. The summed E-state index contributed by atoms with van der Waals surface area (Å²) in [4.78, 5) is 7.27. The van der Waals surface area contributed by atoms with Crippen molar-refractivity contribution in [2.75, 3.05) is 0 Å². The molecule has 2 aromatic heterocycles. The number of rotatable bonds is 0. The van der Waals surface area contributed by atoms with Gasteiger partial charge in [-0.2, -0.15) is 0 Å². The summed E-state index contributed by atoms with van der Waals surface area (Å²) in [5, 5.41) is 1.14. The number of halogens is 1. The minimum absolute atomic E-state index is 0.933. The van der Waals surface area contributed by atoms with Crippen LogP contribution in [0.3, 0.4) is 0 Å². The van der Waals surface area contributed by atoms with E-state index < -0.39 is 0 Å². The summed E-state index contributed by atoms with van der Waals surface area (Å²) in [6.45, 7) is 2.03. The van der Waals surface area contributed by atoms with Gasteiger partial charge in [-0.15, -0.1) is 0 Å². The van der Waals surface area contributed by atoms with E-state index in [1.54, 1.807) is 0 Å². The number of nitrogens with one attached hydrogen (secondary N) is 1. The number of H-pyrrole nitrogens is 1. The first-order valence-electron chi connectivity index (χ1n) is 3.36. The van der Waals surface area contributed by atoms with E-state index in [2.05, 4.69) is 32.0 Å². The molecule has 0 aliphatic carbocycles. The highest BCUT2D eigenvalue weighted by molar-refractivity contribution is 9.10. The van der Waals surface area contributed by atoms with Crippen molar-refractivity contribution >= 4 is 27.0 Å². The lowest BCUT2D eigenvalue weighted by molar-refractivity contribution is 1.29. The number of hydrogen-bond donors (Lipinski definition) is 1. The Morgan fingerprint density at radius 2 is 2.36 bits per heavy atom. The molecule has 2 aromatic rings. The van der Waals surface area contributed by atoms with E-state index in [0.717, 1.165) is 15.5 Å². The lowest BCUT2D eigenvalue weighted by Gasteiger charge is -1.91. The second-order valence-electron chi connectivity index (χ2n) is 2.55. The van der Waals surface area contributed by atoms with Gasteiger partial charge in [0.25, 0.3) is 0 Å². The second-order valence-corrected chi connectivity index (χ2v) is 3.40. The fourth-order valence-electron chi connectivity index (χ4n) is 1.08. The van der Waals surface area contributed by atoms with Gasteiger partial charge in [0.15, 0.2) is 0 Å². The van der Waals surface area contributed by atoms with Crippen molar-refractivity contribution in [2.45, 2.75) is 6.92 Å². The van der Waals surface area contributed by atoms with Crippen LogP contribution in [-0.2, 0) is 0 Å². The Labute approximate surface area is 72.8 Å². The first-order chi connectivity index (χ1) is 5.27. The predicted molar refractivity (Wildman–Crippen MR) is 48.5 cm³/mol. The Balaban J connectivity index is 2.87. The highest BCUT2D eigenvalue weighted by Crippen LogP contribution is 2.21. The molecule has 0 aliphatic heterocycles. The second kappa shape index (κ2) is 2.34. The van der Waals surface area contributed by atoms with Crippen LogP contribution in [0.2, 0.25) is 0 Å². The molecule has 0 spiro atoms. The van der Waals surface area contributed by atoms with Crippen LogP contribution >= 0.6 is 15.9 Å². The Hall–Kier alpha value is -0.830. The van der Waals surface area contributed by atoms with Gasteiger partial charge in [0.2, 0.25) is 0 Å². The van der Waals surface area contributed by atoms with Crippen LogP contribution in [0, 0.1) is 6.92 Å². The first-order valence-corrected chi connectivity index (χ1v) is 4.16. The zero-order valence-corrected chi connectivity index (χ0v) is 7.64. The molecule has 0 fully saturated rings. The van der Waals surface area contributed by atoms with Crippen LogP contribution in [0.4, 0.5) is 0 Å². The monoisotopic (exact) mass is 210 g/mol. The average molecular weight is 211 g/mol. The topological polar surface area (TPSA) is 28.7 Å². The quantitative estimate of drug-likeness (QED) is 0.712. The van der Waals surface area contributed by atoms with Gasteiger partial charge in [0.1, 0.15) is 5.65 Å². The van der Waals surface area contributed by atoms with Crippen LogP contribution in [0.5, 0.6) is 0 Å². The molecule has 2 nitrogen and oxygen atoms in total. The van der Waals surface area contributed by atoms with Gasteiger partial charge in [-0.05, 0) is 34.5 Å². The fourth-order valence-corrected chi connectivity index (χ4v) is 1.49. The van der Waals surface area contributed by atoms with E-state index >= 15 is 0 Å². The van der Waals surface area contributed by atoms with Crippen molar-refractivity contribution in [3.8, 4) is 0 Å². The Kier molecular flexibility index (Phi) is 1.46. The van der Waals surface area contributed by atoms with E-state index in [4.69, 9.17) is 0 Å².